The van der Waals surface area contributed by atoms with Crippen LogP contribution in [-0.2, 0) is 16.1 Å². The van der Waals surface area contributed by atoms with Crippen molar-refractivity contribution in [1.82, 2.24) is 0 Å². The van der Waals surface area contributed by atoms with Crippen molar-refractivity contribution in [2.45, 2.75) is 13.2 Å². The fraction of sp³-hybridized carbons (Fsp3) is 0.120. The average molecular weight is 467 g/mol. The van der Waals surface area contributed by atoms with Crippen LogP contribution in [0, 0.1) is 0 Å². The first-order valence-corrected chi connectivity index (χ1v) is 10.2. The molecule has 174 valence electrons. The highest BCUT2D eigenvalue weighted by atomic mass is 19.3. The van der Waals surface area contributed by atoms with E-state index in [1.807, 2.05) is 24.3 Å². The molecule has 0 aliphatic carbocycles. The third-order valence-corrected chi connectivity index (χ3v) is 4.71. The molecule has 0 radical (unpaired) electrons. The lowest BCUT2D eigenvalue weighted by atomic mass is 10.1. The average Bonchev–Trinajstić information content (AvgIpc) is 3.21. The molecule has 1 amide bonds. The summed E-state index contributed by atoms with van der Waals surface area (Å²) in [6, 6.07) is 21.5. The molecule has 4 aromatic rings. The molecule has 0 fully saturated rings. The van der Waals surface area contributed by atoms with Crippen molar-refractivity contribution in [3.8, 4) is 11.5 Å². The minimum Gasteiger partial charge on any atom is -0.489 e. The number of halogens is 2. The molecule has 1 heterocycles. The molecule has 0 aliphatic rings. The van der Waals surface area contributed by atoms with Crippen LogP contribution in [0.5, 0.6) is 11.5 Å². The molecule has 0 atom stereocenters. The van der Waals surface area contributed by atoms with Crippen LogP contribution in [0.25, 0.3) is 11.0 Å². The fourth-order valence-electron chi connectivity index (χ4n) is 3.19. The number of anilines is 1. The van der Waals surface area contributed by atoms with Gasteiger partial charge in [0.05, 0.1) is 5.56 Å². The van der Waals surface area contributed by atoms with E-state index < -0.39 is 25.1 Å². The second kappa shape index (κ2) is 10.5. The number of hydrogen-bond acceptors (Lipinski definition) is 6. The molecule has 1 aromatic heterocycles. The fourth-order valence-corrected chi connectivity index (χ4v) is 3.19. The van der Waals surface area contributed by atoms with E-state index in [2.05, 4.69) is 10.1 Å². The van der Waals surface area contributed by atoms with Crippen molar-refractivity contribution >= 4 is 28.5 Å². The number of fused-ring (bicyclic) bond motifs is 1. The van der Waals surface area contributed by atoms with Crippen LogP contribution < -0.4 is 14.8 Å². The van der Waals surface area contributed by atoms with Crippen LogP contribution in [0.2, 0.25) is 0 Å². The molecule has 3 aromatic carbocycles. The zero-order valence-electron chi connectivity index (χ0n) is 17.7. The minimum absolute atomic E-state index is 0.0467. The van der Waals surface area contributed by atoms with E-state index in [1.54, 1.807) is 30.3 Å². The molecule has 0 spiro atoms. The molecular weight excluding hydrogens is 448 g/mol. The van der Waals surface area contributed by atoms with Gasteiger partial charge in [-0.3, -0.25) is 4.79 Å². The maximum atomic E-state index is 12.7. The normalized spacial score (nSPS) is 10.8. The molecule has 4 rings (SSSR count). The molecule has 1 N–H and O–H groups in total. The van der Waals surface area contributed by atoms with Crippen LogP contribution in [0.1, 0.15) is 16.1 Å². The Bertz CT molecular complexity index is 1270. The van der Waals surface area contributed by atoms with Crippen LogP contribution in [0.15, 0.2) is 83.3 Å². The summed E-state index contributed by atoms with van der Waals surface area (Å²) in [7, 11) is 0. The first-order valence-electron chi connectivity index (χ1n) is 10.2. The summed E-state index contributed by atoms with van der Waals surface area (Å²) < 4.78 is 45.3. The van der Waals surface area contributed by atoms with Crippen molar-refractivity contribution < 1.29 is 37.0 Å². The molecule has 7 nitrogen and oxygen atoms in total. The number of hydrogen-bond donors (Lipinski definition) is 1. The van der Waals surface area contributed by atoms with Crippen LogP contribution in [0.3, 0.4) is 0 Å². The van der Waals surface area contributed by atoms with Gasteiger partial charge in [-0.2, -0.15) is 8.78 Å². The van der Waals surface area contributed by atoms with Gasteiger partial charge in [-0.1, -0.05) is 36.4 Å². The maximum Gasteiger partial charge on any atom is 0.387 e. The number of rotatable bonds is 9. The predicted octanol–water partition coefficient (Wildman–Crippen LogP) is 5.41. The molecular formula is C25H19F2NO6. The number of alkyl halides is 2. The van der Waals surface area contributed by atoms with Gasteiger partial charge in [-0.25, -0.2) is 4.79 Å². The molecule has 34 heavy (non-hydrogen) atoms. The van der Waals surface area contributed by atoms with Gasteiger partial charge < -0.3 is 23.9 Å². The summed E-state index contributed by atoms with van der Waals surface area (Å²) >= 11 is 0. The number of ether oxygens (including phenoxy) is 3. The topological polar surface area (TPSA) is 87.0 Å². The first kappa shape index (κ1) is 22.8. The Labute approximate surface area is 192 Å². The molecule has 0 aliphatic heterocycles. The van der Waals surface area contributed by atoms with E-state index in [0.29, 0.717) is 28.0 Å². The van der Waals surface area contributed by atoms with Crippen LogP contribution in [-0.4, -0.2) is 25.1 Å². The van der Waals surface area contributed by atoms with Gasteiger partial charge in [0.15, 0.2) is 6.61 Å². The van der Waals surface area contributed by atoms with Crippen molar-refractivity contribution in [3.63, 3.8) is 0 Å². The van der Waals surface area contributed by atoms with Crippen LogP contribution in [0.4, 0.5) is 14.5 Å². The van der Waals surface area contributed by atoms with Gasteiger partial charge >= 0.3 is 12.6 Å². The lowest BCUT2D eigenvalue weighted by molar-refractivity contribution is -0.119. The third-order valence-electron chi connectivity index (χ3n) is 4.71. The molecule has 0 bridgehead atoms. The Hall–Kier alpha value is -4.40. The highest BCUT2D eigenvalue weighted by Gasteiger charge is 2.23. The lowest BCUT2D eigenvalue weighted by Crippen LogP contribution is -2.21. The summed E-state index contributed by atoms with van der Waals surface area (Å²) in [5, 5.41) is 3.20. The smallest absolute Gasteiger partial charge is 0.387 e. The van der Waals surface area contributed by atoms with Gasteiger partial charge in [0.1, 0.15) is 23.7 Å². The molecule has 9 heteroatoms. The quantitative estimate of drug-likeness (QED) is 0.331. The lowest BCUT2D eigenvalue weighted by Gasteiger charge is -2.09. The third kappa shape index (κ3) is 5.69. The second-order valence-electron chi connectivity index (χ2n) is 7.03. The standard InChI is InChI=1S/C25H19F2NO6/c26-25(27)33-18-12-10-16(11-13-18)28-22(29)15-32-24(30)23-20(14-31-17-6-2-1-3-7-17)19-8-4-5-9-21(19)34-23/h1-13,25H,14-15H2,(H,28,29). The summed E-state index contributed by atoms with van der Waals surface area (Å²) in [5.74, 6) is -0.919. The first-order chi connectivity index (χ1) is 16.5. The summed E-state index contributed by atoms with van der Waals surface area (Å²) in [6.45, 7) is -3.46. The number of carbonyl (C=O) groups is 2. The van der Waals surface area contributed by atoms with Gasteiger partial charge in [-0.15, -0.1) is 0 Å². The number of furan rings is 1. The van der Waals surface area contributed by atoms with Gasteiger partial charge in [-0.05, 0) is 42.5 Å². The molecule has 0 saturated carbocycles. The van der Waals surface area contributed by atoms with E-state index >= 15 is 0 Å². The Morgan fingerprint density at radius 3 is 2.32 bits per heavy atom. The Kier molecular flexibility index (Phi) is 7.02. The number of esters is 1. The maximum absolute atomic E-state index is 12.7. The highest BCUT2D eigenvalue weighted by Crippen LogP contribution is 2.28. The van der Waals surface area contributed by atoms with E-state index in [4.69, 9.17) is 13.9 Å². The van der Waals surface area contributed by atoms with Crippen molar-refractivity contribution in [2.24, 2.45) is 0 Å². The SMILES string of the molecule is O=C(COC(=O)c1oc2ccccc2c1COc1ccccc1)Nc1ccc(OC(F)F)cc1. The van der Waals surface area contributed by atoms with Gasteiger partial charge in [0.2, 0.25) is 5.76 Å². The number of benzene rings is 3. The Morgan fingerprint density at radius 1 is 0.882 bits per heavy atom. The van der Waals surface area contributed by atoms with Crippen molar-refractivity contribution in [3.05, 3.63) is 90.2 Å². The number of nitrogens with one attached hydrogen (secondary N) is 1. The predicted molar refractivity (Wildman–Crippen MR) is 119 cm³/mol. The summed E-state index contributed by atoms with van der Waals surface area (Å²) in [6.07, 6.45) is 0. The molecule has 0 saturated heterocycles. The van der Waals surface area contributed by atoms with E-state index in [0.717, 1.165) is 0 Å². The highest BCUT2D eigenvalue weighted by molar-refractivity contribution is 5.98. The summed E-state index contributed by atoms with van der Waals surface area (Å²) in [4.78, 5) is 24.9. The van der Waals surface area contributed by atoms with Gasteiger partial charge in [0.25, 0.3) is 5.91 Å². The Morgan fingerprint density at radius 2 is 1.59 bits per heavy atom. The zero-order valence-corrected chi connectivity index (χ0v) is 17.7. The summed E-state index contributed by atoms with van der Waals surface area (Å²) in [5.41, 5.74) is 1.31. The van der Waals surface area contributed by atoms with Crippen molar-refractivity contribution in [2.75, 3.05) is 11.9 Å². The van der Waals surface area contributed by atoms with Crippen LogP contribution >= 0.6 is 0 Å². The van der Waals surface area contributed by atoms with Gasteiger partial charge in [0, 0.05) is 11.1 Å². The molecule has 0 unspecified atom stereocenters. The monoisotopic (exact) mass is 467 g/mol. The number of para-hydroxylation sites is 2. The minimum atomic E-state index is -2.94. The van der Waals surface area contributed by atoms with E-state index in [9.17, 15) is 18.4 Å². The van der Waals surface area contributed by atoms with Crippen molar-refractivity contribution in [1.29, 1.82) is 0 Å². The van der Waals surface area contributed by atoms with E-state index in [1.165, 1.54) is 24.3 Å². The second-order valence-corrected chi connectivity index (χ2v) is 7.03. The van der Waals surface area contributed by atoms with E-state index in [-0.39, 0.29) is 18.1 Å². The largest absolute Gasteiger partial charge is 0.489 e. The number of amides is 1. The number of carbonyl (C=O) groups excluding carboxylic acids is 2. The Balaban J connectivity index is 1.40. The zero-order chi connectivity index (χ0) is 23.9.